The highest BCUT2D eigenvalue weighted by molar-refractivity contribution is 5.77. The Morgan fingerprint density at radius 1 is 0.947 bits per heavy atom. The summed E-state index contributed by atoms with van der Waals surface area (Å²) in [7, 11) is 0. The minimum absolute atomic E-state index is 0.0790. The molecule has 1 aromatic rings. The Morgan fingerprint density at radius 2 is 1.53 bits per heavy atom. The summed E-state index contributed by atoms with van der Waals surface area (Å²) in [6.45, 7) is 0. The molecular formula is C15H8N4. The second kappa shape index (κ2) is 7.08. The predicted molar refractivity (Wildman–Crippen MR) is 68.4 cm³/mol. The molecule has 1 rings (SSSR count). The monoisotopic (exact) mass is 244 g/mol. The van der Waals surface area contributed by atoms with Crippen LogP contribution in [0.3, 0.4) is 0 Å². The van der Waals surface area contributed by atoms with Crippen LogP contribution in [0, 0.1) is 51.2 Å². The first-order valence-electron chi connectivity index (χ1n) is 5.33. The molecule has 4 nitrogen and oxygen atoms in total. The summed E-state index contributed by atoms with van der Waals surface area (Å²) in [6, 6.07) is 16.1. The molecule has 0 bridgehead atoms. The second-order valence-electron chi connectivity index (χ2n) is 3.51. The van der Waals surface area contributed by atoms with Crippen molar-refractivity contribution < 1.29 is 0 Å². The maximum atomic E-state index is 8.80. The fraction of sp³-hybridized carbons (Fsp3) is 0.0667. The third-order valence-corrected chi connectivity index (χ3v) is 2.27. The van der Waals surface area contributed by atoms with E-state index in [0.29, 0.717) is 5.57 Å². The minimum Gasteiger partial charge on any atom is -0.197 e. The zero-order chi connectivity index (χ0) is 14.1. The SMILES string of the molecule is N#CC(C#N)=CC(=CC(C#N)C#N)c1ccccc1. The maximum absolute atomic E-state index is 8.80. The molecule has 0 fully saturated rings. The molecule has 0 radical (unpaired) electrons. The van der Waals surface area contributed by atoms with Crippen LogP contribution in [0.25, 0.3) is 5.57 Å². The van der Waals surface area contributed by atoms with Crippen molar-refractivity contribution >= 4 is 5.57 Å². The van der Waals surface area contributed by atoms with E-state index in [1.807, 2.05) is 18.2 Å². The fourth-order valence-corrected chi connectivity index (χ4v) is 1.39. The van der Waals surface area contributed by atoms with Crippen LogP contribution < -0.4 is 0 Å². The zero-order valence-electron chi connectivity index (χ0n) is 9.91. The van der Waals surface area contributed by atoms with Crippen molar-refractivity contribution in [3.05, 3.63) is 53.6 Å². The van der Waals surface area contributed by atoms with Gasteiger partial charge in [0.05, 0.1) is 12.1 Å². The number of benzene rings is 1. The van der Waals surface area contributed by atoms with Gasteiger partial charge >= 0.3 is 0 Å². The number of rotatable bonds is 3. The first-order chi connectivity index (χ1) is 9.24. The summed E-state index contributed by atoms with van der Waals surface area (Å²) in [5.41, 5.74) is 1.16. The maximum Gasteiger partial charge on any atom is 0.152 e. The molecule has 88 valence electrons. The molecule has 0 saturated carbocycles. The molecule has 0 aliphatic heterocycles. The van der Waals surface area contributed by atoms with Crippen molar-refractivity contribution in [2.45, 2.75) is 0 Å². The van der Waals surface area contributed by atoms with E-state index in [9.17, 15) is 0 Å². The molecule has 0 unspecified atom stereocenters. The van der Waals surface area contributed by atoms with Crippen LogP contribution in [0.5, 0.6) is 0 Å². The molecule has 0 amide bonds. The summed E-state index contributed by atoms with van der Waals surface area (Å²) in [4.78, 5) is 0. The van der Waals surface area contributed by atoms with E-state index in [1.54, 1.807) is 36.4 Å². The average Bonchev–Trinajstić information content (AvgIpc) is 2.48. The largest absolute Gasteiger partial charge is 0.197 e. The Labute approximate surface area is 111 Å². The molecule has 0 heterocycles. The highest BCUT2D eigenvalue weighted by Crippen LogP contribution is 2.19. The molecule has 0 spiro atoms. The quantitative estimate of drug-likeness (QED) is 0.603. The fourth-order valence-electron chi connectivity index (χ4n) is 1.39. The highest BCUT2D eigenvalue weighted by atomic mass is 14.3. The van der Waals surface area contributed by atoms with Crippen LogP contribution in [0.1, 0.15) is 5.56 Å². The molecule has 19 heavy (non-hydrogen) atoms. The van der Waals surface area contributed by atoms with Gasteiger partial charge in [0.15, 0.2) is 5.92 Å². The van der Waals surface area contributed by atoms with Crippen LogP contribution >= 0.6 is 0 Å². The smallest absolute Gasteiger partial charge is 0.152 e. The Morgan fingerprint density at radius 3 is 2.00 bits per heavy atom. The first kappa shape index (κ1) is 13.7. The van der Waals surface area contributed by atoms with Crippen molar-refractivity contribution in [2.24, 2.45) is 5.92 Å². The van der Waals surface area contributed by atoms with Gasteiger partial charge in [-0.25, -0.2) is 0 Å². The Kier molecular flexibility index (Phi) is 5.11. The number of nitriles is 4. The van der Waals surface area contributed by atoms with Crippen molar-refractivity contribution in [1.29, 1.82) is 21.0 Å². The number of nitrogens with zero attached hydrogens (tertiary/aromatic N) is 4. The van der Waals surface area contributed by atoms with Crippen molar-refractivity contribution in [2.75, 3.05) is 0 Å². The molecule has 0 atom stereocenters. The van der Waals surface area contributed by atoms with E-state index in [-0.39, 0.29) is 5.57 Å². The molecule has 0 aliphatic rings. The topological polar surface area (TPSA) is 95.2 Å². The molecule has 0 saturated heterocycles. The van der Waals surface area contributed by atoms with E-state index < -0.39 is 5.92 Å². The van der Waals surface area contributed by atoms with Gasteiger partial charge in [-0.2, -0.15) is 21.0 Å². The Hall–Kier alpha value is -3.34. The Balaban J connectivity index is 3.35. The number of hydrogen-bond acceptors (Lipinski definition) is 4. The summed E-state index contributed by atoms with van der Waals surface area (Å²) >= 11 is 0. The minimum atomic E-state index is -0.926. The Bertz CT molecular complexity index is 640. The lowest BCUT2D eigenvalue weighted by Gasteiger charge is -2.03. The van der Waals surface area contributed by atoms with Crippen LogP contribution in [-0.4, -0.2) is 0 Å². The zero-order valence-corrected chi connectivity index (χ0v) is 9.91. The normalized spacial score (nSPS) is 9.63. The van der Waals surface area contributed by atoms with E-state index in [4.69, 9.17) is 21.0 Å². The van der Waals surface area contributed by atoms with Gasteiger partial charge in [0.25, 0.3) is 0 Å². The average molecular weight is 244 g/mol. The van der Waals surface area contributed by atoms with Crippen molar-refractivity contribution in [1.82, 2.24) is 0 Å². The molecule has 0 N–H and O–H groups in total. The lowest BCUT2D eigenvalue weighted by atomic mass is 9.99. The number of hydrogen-bond donors (Lipinski definition) is 0. The molecule has 0 aliphatic carbocycles. The van der Waals surface area contributed by atoms with Gasteiger partial charge in [0.1, 0.15) is 17.7 Å². The van der Waals surface area contributed by atoms with E-state index >= 15 is 0 Å². The summed E-state index contributed by atoms with van der Waals surface area (Å²) in [5, 5.41) is 35.1. The standard InChI is InChI=1S/C15H8N4/c16-8-12(9-17)6-15(7-13(10-18)11-19)14-4-2-1-3-5-14/h1-7,12H. The van der Waals surface area contributed by atoms with Gasteiger partial charge in [0, 0.05) is 0 Å². The highest BCUT2D eigenvalue weighted by Gasteiger charge is 2.06. The third kappa shape index (κ3) is 3.86. The van der Waals surface area contributed by atoms with Gasteiger partial charge in [0.2, 0.25) is 0 Å². The first-order valence-corrected chi connectivity index (χ1v) is 5.33. The lowest BCUT2D eigenvalue weighted by Crippen LogP contribution is -1.91. The van der Waals surface area contributed by atoms with Gasteiger partial charge in [-0.05, 0) is 23.3 Å². The summed E-state index contributed by atoms with van der Waals surface area (Å²) in [6.07, 6.45) is 2.81. The van der Waals surface area contributed by atoms with Crippen LogP contribution in [-0.2, 0) is 0 Å². The van der Waals surface area contributed by atoms with E-state index in [1.165, 1.54) is 12.2 Å². The second-order valence-corrected chi connectivity index (χ2v) is 3.51. The third-order valence-electron chi connectivity index (χ3n) is 2.27. The van der Waals surface area contributed by atoms with Gasteiger partial charge in [-0.15, -0.1) is 0 Å². The van der Waals surface area contributed by atoms with Crippen molar-refractivity contribution in [3.63, 3.8) is 0 Å². The molecule has 1 aromatic carbocycles. The van der Waals surface area contributed by atoms with Crippen LogP contribution in [0.2, 0.25) is 0 Å². The molecule has 4 heteroatoms. The van der Waals surface area contributed by atoms with Crippen LogP contribution in [0.15, 0.2) is 48.1 Å². The van der Waals surface area contributed by atoms with Crippen LogP contribution in [0.4, 0.5) is 0 Å². The lowest BCUT2D eigenvalue weighted by molar-refractivity contribution is 1.09. The van der Waals surface area contributed by atoms with Gasteiger partial charge < -0.3 is 0 Å². The van der Waals surface area contributed by atoms with Gasteiger partial charge in [-0.1, -0.05) is 30.3 Å². The van der Waals surface area contributed by atoms with Gasteiger partial charge in [-0.3, -0.25) is 0 Å². The van der Waals surface area contributed by atoms with E-state index in [0.717, 1.165) is 5.56 Å². The molecule has 0 aromatic heterocycles. The van der Waals surface area contributed by atoms with E-state index in [2.05, 4.69) is 0 Å². The predicted octanol–water partition coefficient (Wildman–Crippen LogP) is 2.71. The van der Waals surface area contributed by atoms with Crippen molar-refractivity contribution in [3.8, 4) is 24.3 Å². The summed E-state index contributed by atoms with van der Waals surface area (Å²) < 4.78 is 0. The summed E-state index contributed by atoms with van der Waals surface area (Å²) in [5.74, 6) is -0.926. The number of allylic oxidation sites excluding steroid dienone is 4. The molecular weight excluding hydrogens is 236 g/mol.